The number of hydrogen-bond acceptors (Lipinski definition) is 5. The molecule has 0 spiro atoms. The Hall–Kier alpha value is -2.37. The Balaban J connectivity index is 2.05. The number of benzene rings is 1. The molecule has 0 unspecified atom stereocenters. The lowest BCUT2D eigenvalue weighted by Gasteiger charge is -2.07. The fourth-order valence-corrected chi connectivity index (χ4v) is 1.43. The van der Waals surface area contributed by atoms with E-state index in [0.29, 0.717) is 18.2 Å². The number of hydrogen-bond donors (Lipinski definition) is 2. The van der Waals surface area contributed by atoms with Gasteiger partial charge in [-0.1, -0.05) is 12.1 Å². The van der Waals surface area contributed by atoms with Crippen LogP contribution in [0.3, 0.4) is 0 Å². The van der Waals surface area contributed by atoms with Gasteiger partial charge in [0.05, 0.1) is 7.11 Å². The standard InChI is InChI=1S/C12H13FN4O/c1-18-11-6-10(16-12(14)17-11)15-7-8-2-4-9(13)5-3-8/h2-6H,7H2,1H3,(H3,14,15,16,17). The van der Waals surface area contributed by atoms with Crippen LogP contribution in [0, 0.1) is 5.82 Å². The number of nitrogens with zero attached hydrogens (tertiary/aromatic N) is 2. The van der Waals surface area contributed by atoms with E-state index in [1.807, 2.05) is 0 Å². The molecule has 1 heterocycles. The lowest BCUT2D eigenvalue weighted by atomic mass is 10.2. The van der Waals surface area contributed by atoms with Crippen LogP contribution in [0.15, 0.2) is 30.3 Å². The fraction of sp³-hybridized carbons (Fsp3) is 0.167. The molecular weight excluding hydrogens is 235 g/mol. The summed E-state index contributed by atoms with van der Waals surface area (Å²) in [6.07, 6.45) is 0. The maximum Gasteiger partial charge on any atom is 0.225 e. The number of nitrogens with two attached hydrogens (primary N) is 1. The van der Waals surface area contributed by atoms with Gasteiger partial charge < -0.3 is 15.8 Å². The van der Waals surface area contributed by atoms with E-state index in [0.717, 1.165) is 5.56 Å². The van der Waals surface area contributed by atoms with E-state index < -0.39 is 0 Å². The van der Waals surface area contributed by atoms with E-state index in [1.165, 1.54) is 19.2 Å². The van der Waals surface area contributed by atoms with E-state index in [9.17, 15) is 4.39 Å². The summed E-state index contributed by atoms with van der Waals surface area (Å²) in [5, 5.41) is 3.06. The largest absolute Gasteiger partial charge is 0.481 e. The molecule has 0 atom stereocenters. The molecule has 0 aliphatic rings. The SMILES string of the molecule is COc1cc(NCc2ccc(F)cc2)nc(N)n1. The van der Waals surface area contributed by atoms with Gasteiger partial charge in [0.25, 0.3) is 0 Å². The highest BCUT2D eigenvalue weighted by Crippen LogP contribution is 2.15. The summed E-state index contributed by atoms with van der Waals surface area (Å²) in [5.41, 5.74) is 6.47. The van der Waals surface area contributed by atoms with Crippen molar-refractivity contribution in [3.63, 3.8) is 0 Å². The van der Waals surface area contributed by atoms with Crippen LogP contribution >= 0.6 is 0 Å². The first-order valence-corrected chi connectivity index (χ1v) is 5.34. The van der Waals surface area contributed by atoms with E-state index in [4.69, 9.17) is 10.5 Å². The summed E-state index contributed by atoms with van der Waals surface area (Å²) >= 11 is 0. The quantitative estimate of drug-likeness (QED) is 0.863. The number of nitrogens with one attached hydrogen (secondary N) is 1. The first-order valence-electron chi connectivity index (χ1n) is 5.34. The van der Waals surface area contributed by atoms with Crippen molar-refractivity contribution < 1.29 is 9.13 Å². The molecule has 1 aromatic carbocycles. The van der Waals surface area contributed by atoms with Crippen molar-refractivity contribution in [1.82, 2.24) is 9.97 Å². The minimum absolute atomic E-state index is 0.135. The van der Waals surface area contributed by atoms with Crippen molar-refractivity contribution in [2.24, 2.45) is 0 Å². The summed E-state index contributed by atoms with van der Waals surface area (Å²) in [6, 6.07) is 7.85. The molecule has 3 N–H and O–H groups in total. The van der Waals surface area contributed by atoms with Crippen LogP contribution in [0.4, 0.5) is 16.2 Å². The number of halogens is 1. The van der Waals surface area contributed by atoms with Gasteiger partial charge in [0.15, 0.2) is 0 Å². The molecule has 0 saturated carbocycles. The second-order valence-corrected chi connectivity index (χ2v) is 3.63. The number of methoxy groups -OCH3 is 1. The number of rotatable bonds is 4. The molecule has 0 bridgehead atoms. The molecule has 18 heavy (non-hydrogen) atoms. The molecule has 0 fully saturated rings. The van der Waals surface area contributed by atoms with Crippen LogP contribution in [-0.2, 0) is 6.54 Å². The van der Waals surface area contributed by atoms with Gasteiger partial charge in [-0.2, -0.15) is 9.97 Å². The molecule has 1 aromatic heterocycles. The Labute approximate surface area is 104 Å². The molecule has 6 heteroatoms. The van der Waals surface area contributed by atoms with Crippen molar-refractivity contribution in [2.45, 2.75) is 6.54 Å². The monoisotopic (exact) mass is 248 g/mol. The van der Waals surface area contributed by atoms with E-state index in [1.54, 1.807) is 18.2 Å². The molecule has 94 valence electrons. The van der Waals surface area contributed by atoms with E-state index in [-0.39, 0.29) is 11.8 Å². The number of nitrogen functional groups attached to an aromatic ring is 1. The Morgan fingerprint density at radius 1 is 1.28 bits per heavy atom. The Kier molecular flexibility index (Phi) is 3.57. The van der Waals surface area contributed by atoms with Crippen LogP contribution in [0.5, 0.6) is 5.88 Å². The predicted octanol–water partition coefficient (Wildman–Crippen LogP) is 1.82. The predicted molar refractivity (Wildman–Crippen MR) is 66.7 cm³/mol. The van der Waals surface area contributed by atoms with Gasteiger partial charge in [-0.15, -0.1) is 0 Å². The van der Waals surface area contributed by atoms with E-state index in [2.05, 4.69) is 15.3 Å². The summed E-state index contributed by atoms with van der Waals surface area (Å²) in [7, 11) is 1.51. The van der Waals surface area contributed by atoms with Crippen LogP contribution < -0.4 is 15.8 Å². The molecule has 0 saturated heterocycles. The van der Waals surface area contributed by atoms with Gasteiger partial charge in [-0.3, -0.25) is 0 Å². The topological polar surface area (TPSA) is 73.1 Å². The molecule has 5 nitrogen and oxygen atoms in total. The smallest absolute Gasteiger partial charge is 0.225 e. The third-order valence-corrected chi connectivity index (χ3v) is 2.32. The van der Waals surface area contributed by atoms with Crippen molar-refractivity contribution >= 4 is 11.8 Å². The molecule has 2 rings (SSSR count). The van der Waals surface area contributed by atoms with Gasteiger partial charge in [0.1, 0.15) is 11.6 Å². The highest BCUT2D eigenvalue weighted by atomic mass is 19.1. The molecule has 0 amide bonds. The third kappa shape index (κ3) is 3.07. The Morgan fingerprint density at radius 2 is 2.00 bits per heavy atom. The average Bonchev–Trinajstić information content (AvgIpc) is 2.37. The summed E-state index contributed by atoms with van der Waals surface area (Å²) in [6.45, 7) is 0.514. The zero-order valence-electron chi connectivity index (χ0n) is 9.85. The minimum atomic E-state index is -0.258. The van der Waals surface area contributed by atoms with Gasteiger partial charge in [-0.05, 0) is 17.7 Å². The maximum absolute atomic E-state index is 12.7. The summed E-state index contributed by atoms with van der Waals surface area (Å²) in [4.78, 5) is 7.89. The first kappa shape index (κ1) is 12.1. The lowest BCUT2D eigenvalue weighted by molar-refractivity contribution is 0.398. The van der Waals surface area contributed by atoms with Crippen molar-refractivity contribution in [2.75, 3.05) is 18.2 Å². The number of anilines is 2. The lowest BCUT2D eigenvalue weighted by Crippen LogP contribution is -2.05. The Morgan fingerprint density at radius 3 is 2.67 bits per heavy atom. The molecule has 0 aliphatic heterocycles. The zero-order chi connectivity index (χ0) is 13.0. The van der Waals surface area contributed by atoms with Crippen LogP contribution in [-0.4, -0.2) is 17.1 Å². The number of aromatic nitrogens is 2. The van der Waals surface area contributed by atoms with Crippen LogP contribution in [0.25, 0.3) is 0 Å². The minimum Gasteiger partial charge on any atom is -0.481 e. The van der Waals surface area contributed by atoms with Gasteiger partial charge in [-0.25, -0.2) is 4.39 Å². The zero-order valence-corrected chi connectivity index (χ0v) is 9.85. The van der Waals surface area contributed by atoms with E-state index >= 15 is 0 Å². The third-order valence-electron chi connectivity index (χ3n) is 2.32. The van der Waals surface area contributed by atoms with Crippen molar-refractivity contribution in [3.8, 4) is 5.88 Å². The van der Waals surface area contributed by atoms with Crippen molar-refractivity contribution in [3.05, 3.63) is 41.7 Å². The highest BCUT2D eigenvalue weighted by Gasteiger charge is 2.02. The molecule has 2 aromatic rings. The summed E-state index contributed by atoms with van der Waals surface area (Å²) in [5.74, 6) is 0.829. The molecule has 0 radical (unpaired) electrons. The maximum atomic E-state index is 12.7. The van der Waals surface area contributed by atoms with Crippen molar-refractivity contribution in [1.29, 1.82) is 0 Å². The average molecular weight is 248 g/mol. The van der Waals surface area contributed by atoms with Gasteiger partial charge >= 0.3 is 0 Å². The van der Waals surface area contributed by atoms with Crippen LogP contribution in [0.2, 0.25) is 0 Å². The van der Waals surface area contributed by atoms with Crippen LogP contribution in [0.1, 0.15) is 5.56 Å². The summed E-state index contributed by atoms with van der Waals surface area (Å²) < 4.78 is 17.7. The second-order valence-electron chi connectivity index (χ2n) is 3.63. The number of ether oxygens (including phenoxy) is 1. The first-order chi connectivity index (χ1) is 8.67. The Bertz CT molecular complexity index is 530. The molecule has 0 aliphatic carbocycles. The van der Waals surface area contributed by atoms with Gasteiger partial charge in [0, 0.05) is 12.6 Å². The fourth-order valence-electron chi connectivity index (χ4n) is 1.43. The normalized spacial score (nSPS) is 10.1. The van der Waals surface area contributed by atoms with Gasteiger partial charge in [0.2, 0.25) is 11.8 Å². The second kappa shape index (κ2) is 5.31. The highest BCUT2D eigenvalue weighted by molar-refractivity contribution is 5.43. The molecular formula is C12H13FN4O.